The number of nitrogens with zero attached hydrogens (tertiary/aromatic N) is 1. The molecule has 1 amide bonds. The first-order valence-corrected chi connectivity index (χ1v) is 11.7. The number of amides is 1. The number of halogens is 2. The fourth-order valence-corrected chi connectivity index (χ4v) is 6.22. The first-order chi connectivity index (χ1) is 14.9. The Kier molecular flexibility index (Phi) is 6.46. The minimum Gasteiger partial charge on any atom is -0.449 e. The molecule has 2 aliphatic rings. The number of hydrogen-bond acceptors (Lipinski definition) is 4. The minimum absolute atomic E-state index is 0.0224. The zero-order valence-corrected chi connectivity index (χ0v) is 18.4. The Morgan fingerprint density at radius 3 is 2.77 bits per heavy atom. The van der Waals surface area contributed by atoms with Crippen LogP contribution in [-0.2, 0) is 26.7 Å². The summed E-state index contributed by atoms with van der Waals surface area (Å²) in [4.78, 5) is 14.2. The molecule has 5 nitrogen and oxygen atoms in total. The van der Waals surface area contributed by atoms with Crippen molar-refractivity contribution < 1.29 is 23.2 Å². The van der Waals surface area contributed by atoms with Crippen molar-refractivity contribution >= 4 is 28.5 Å². The predicted molar refractivity (Wildman–Crippen MR) is 117 cm³/mol. The second-order valence-corrected chi connectivity index (χ2v) is 10.0. The molecule has 2 aromatic carbocycles. The van der Waals surface area contributed by atoms with Gasteiger partial charge in [-0.3, -0.25) is 9.11 Å². The van der Waals surface area contributed by atoms with Gasteiger partial charge >= 0.3 is 6.09 Å². The summed E-state index contributed by atoms with van der Waals surface area (Å²) >= 11 is 6.00. The Bertz CT molecular complexity index is 1030. The molecular formula is C23H23ClFNO4S. The van der Waals surface area contributed by atoms with Gasteiger partial charge in [0.1, 0.15) is 5.82 Å². The number of carbonyl (C=O) groups excluding carboxylic acids is 1. The number of rotatable bonds is 5. The molecule has 1 heterocycles. The predicted octanol–water partition coefficient (Wildman–Crippen LogP) is 4.54. The highest BCUT2D eigenvalue weighted by molar-refractivity contribution is 7.86. The van der Waals surface area contributed by atoms with Crippen LogP contribution in [0.25, 0.3) is 0 Å². The molecule has 8 heteroatoms. The van der Waals surface area contributed by atoms with Crippen molar-refractivity contribution in [1.29, 1.82) is 0 Å². The van der Waals surface area contributed by atoms with E-state index < -0.39 is 27.7 Å². The average molecular weight is 464 g/mol. The van der Waals surface area contributed by atoms with Gasteiger partial charge in [0.2, 0.25) is 0 Å². The van der Waals surface area contributed by atoms with Crippen LogP contribution < -0.4 is 0 Å². The van der Waals surface area contributed by atoms with E-state index in [2.05, 4.69) is 0 Å². The Morgan fingerprint density at radius 2 is 2.06 bits per heavy atom. The maximum atomic E-state index is 14.2. The third-order valence-corrected chi connectivity index (χ3v) is 8.10. The Balaban J connectivity index is 1.62. The third kappa shape index (κ3) is 4.54. The van der Waals surface area contributed by atoms with Crippen molar-refractivity contribution in [3.8, 4) is 0 Å². The molecular weight excluding hydrogens is 441 g/mol. The van der Waals surface area contributed by atoms with Crippen LogP contribution in [0.2, 0.25) is 5.02 Å². The zero-order chi connectivity index (χ0) is 22.0. The summed E-state index contributed by atoms with van der Waals surface area (Å²) in [5.74, 6) is -0.383. The Labute approximate surface area is 187 Å². The Hall–Kier alpha value is -2.22. The fraction of sp³-hybridized carbons (Fsp3) is 0.348. The maximum absolute atomic E-state index is 14.2. The standard InChI is InChI=1S/C23H23ClFNO4S/c24-17-4-7-20(8-5-17)31(29)23(10-1-2-16-3-6-18(25)14-21(16)23)11-13-30-22(28)26-12-9-19(27)15-26/h3-9,12,14,19,27H,1-2,10-11,13,15H2/t19-,23?,31?/m1/s1. The van der Waals surface area contributed by atoms with Gasteiger partial charge in [-0.15, -0.1) is 0 Å². The maximum Gasteiger partial charge on any atom is 0.413 e. The van der Waals surface area contributed by atoms with Gasteiger partial charge in [-0.1, -0.05) is 17.7 Å². The fourth-order valence-electron chi connectivity index (χ4n) is 4.27. The molecule has 0 fully saturated rings. The molecule has 0 bridgehead atoms. The van der Waals surface area contributed by atoms with E-state index in [0.717, 1.165) is 18.4 Å². The Morgan fingerprint density at radius 1 is 1.29 bits per heavy atom. The zero-order valence-electron chi connectivity index (χ0n) is 16.8. The van der Waals surface area contributed by atoms with Crippen molar-refractivity contribution in [2.45, 2.75) is 41.4 Å². The molecule has 0 saturated heterocycles. The van der Waals surface area contributed by atoms with Gasteiger partial charge < -0.3 is 9.84 Å². The van der Waals surface area contributed by atoms with Crippen molar-refractivity contribution in [3.05, 3.63) is 76.7 Å². The summed E-state index contributed by atoms with van der Waals surface area (Å²) in [5, 5.41) is 10.1. The monoisotopic (exact) mass is 463 g/mol. The number of carbonyl (C=O) groups is 1. The molecule has 2 aromatic rings. The largest absolute Gasteiger partial charge is 0.449 e. The summed E-state index contributed by atoms with van der Waals surface area (Å²) in [7, 11) is -1.51. The number of aryl methyl sites for hydroxylation is 1. The summed E-state index contributed by atoms with van der Waals surface area (Å²) in [6.45, 7) is 0.170. The van der Waals surface area contributed by atoms with E-state index in [1.807, 2.05) is 0 Å². The number of fused-ring (bicyclic) bond motifs is 1. The van der Waals surface area contributed by atoms with E-state index >= 15 is 0 Å². The van der Waals surface area contributed by atoms with Crippen LogP contribution in [0.15, 0.2) is 59.6 Å². The normalized spacial score (nSPS) is 23.5. The van der Waals surface area contributed by atoms with Gasteiger partial charge in [-0.05, 0) is 72.9 Å². The van der Waals surface area contributed by atoms with Crippen LogP contribution in [0.4, 0.5) is 9.18 Å². The van der Waals surface area contributed by atoms with Crippen molar-refractivity contribution in [1.82, 2.24) is 4.90 Å². The summed E-state index contributed by atoms with van der Waals surface area (Å²) < 4.78 is 32.6. The molecule has 164 valence electrons. The lowest BCUT2D eigenvalue weighted by molar-refractivity contribution is 0.104. The topological polar surface area (TPSA) is 66.8 Å². The summed E-state index contributed by atoms with van der Waals surface area (Å²) in [5.41, 5.74) is 1.67. The van der Waals surface area contributed by atoms with Crippen molar-refractivity contribution in [2.75, 3.05) is 13.2 Å². The van der Waals surface area contributed by atoms with Crippen LogP contribution in [0, 0.1) is 5.82 Å². The average Bonchev–Trinajstić information content (AvgIpc) is 3.20. The molecule has 2 unspecified atom stereocenters. The van der Waals surface area contributed by atoms with Gasteiger partial charge in [-0.25, -0.2) is 9.18 Å². The van der Waals surface area contributed by atoms with E-state index in [-0.39, 0.29) is 25.4 Å². The highest BCUT2D eigenvalue weighted by Crippen LogP contribution is 2.45. The van der Waals surface area contributed by atoms with Gasteiger partial charge in [0.05, 0.1) is 34.8 Å². The number of aliphatic hydroxyl groups is 1. The van der Waals surface area contributed by atoms with Crippen LogP contribution in [0.1, 0.15) is 30.4 Å². The van der Waals surface area contributed by atoms with E-state index in [0.29, 0.717) is 21.9 Å². The van der Waals surface area contributed by atoms with E-state index in [9.17, 15) is 18.5 Å². The third-order valence-electron chi connectivity index (χ3n) is 5.81. The quantitative estimate of drug-likeness (QED) is 0.707. The van der Waals surface area contributed by atoms with Crippen molar-refractivity contribution in [3.63, 3.8) is 0 Å². The lowest BCUT2D eigenvalue weighted by atomic mass is 9.80. The minimum atomic E-state index is -1.51. The van der Waals surface area contributed by atoms with Gasteiger partial charge in [0.15, 0.2) is 0 Å². The number of hydrogen-bond donors (Lipinski definition) is 1. The van der Waals surface area contributed by atoms with E-state index in [1.54, 1.807) is 30.3 Å². The molecule has 31 heavy (non-hydrogen) atoms. The number of aliphatic hydroxyl groups excluding tert-OH is 1. The first kappa shape index (κ1) is 22.0. The second-order valence-electron chi connectivity index (χ2n) is 7.80. The van der Waals surface area contributed by atoms with Crippen LogP contribution in [0.3, 0.4) is 0 Å². The van der Waals surface area contributed by atoms with Gasteiger partial charge in [-0.2, -0.15) is 0 Å². The molecule has 1 aliphatic carbocycles. The van der Waals surface area contributed by atoms with Gasteiger partial charge in [0, 0.05) is 22.5 Å². The molecule has 0 aromatic heterocycles. The molecule has 1 aliphatic heterocycles. The number of ether oxygens (including phenoxy) is 1. The lowest BCUT2D eigenvalue weighted by Crippen LogP contribution is -2.38. The highest BCUT2D eigenvalue weighted by Gasteiger charge is 2.43. The second kappa shape index (κ2) is 9.10. The van der Waals surface area contributed by atoms with E-state index in [1.165, 1.54) is 29.3 Å². The van der Waals surface area contributed by atoms with Crippen LogP contribution in [0.5, 0.6) is 0 Å². The smallest absolute Gasteiger partial charge is 0.413 e. The highest BCUT2D eigenvalue weighted by atomic mass is 35.5. The molecule has 0 saturated carbocycles. The lowest BCUT2D eigenvalue weighted by Gasteiger charge is -2.38. The molecule has 3 atom stereocenters. The molecule has 4 rings (SSSR count). The van der Waals surface area contributed by atoms with Crippen molar-refractivity contribution in [2.24, 2.45) is 0 Å². The molecule has 1 N–H and O–H groups in total. The molecule has 0 radical (unpaired) electrons. The van der Waals surface area contributed by atoms with Crippen LogP contribution in [-0.4, -0.2) is 39.6 Å². The van der Waals surface area contributed by atoms with E-state index in [4.69, 9.17) is 16.3 Å². The SMILES string of the molecule is O=C(OCCC1(S(=O)c2ccc(Cl)cc2)CCCc2ccc(F)cc21)N1C=C[C@@H](O)C1. The van der Waals surface area contributed by atoms with Gasteiger partial charge in [0.25, 0.3) is 0 Å². The van der Waals surface area contributed by atoms with Crippen LogP contribution >= 0.6 is 11.6 Å². The number of benzene rings is 2. The molecule has 0 spiro atoms. The number of β-amino-alcohol motifs (C(OH)–C–C–N with tert-alkyl or cyclic N) is 1. The first-order valence-electron chi connectivity index (χ1n) is 10.2. The summed E-state index contributed by atoms with van der Waals surface area (Å²) in [6, 6.07) is 11.4. The summed E-state index contributed by atoms with van der Waals surface area (Å²) in [6.07, 6.45) is 4.17.